The molecular weight excluding hydrogens is 604 g/mol. The number of fused-ring (bicyclic) bond motifs is 2. The van der Waals surface area contributed by atoms with Gasteiger partial charge in [0.25, 0.3) is 0 Å². The third-order valence-corrected chi connectivity index (χ3v) is 8.86. The Morgan fingerprint density at radius 1 is 0.978 bits per heavy atom. The maximum absolute atomic E-state index is 13.5. The summed E-state index contributed by atoms with van der Waals surface area (Å²) in [4.78, 5) is 23.2. The maximum atomic E-state index is 13.5. The Balaban J connectivity index is 1.52. The van der Waals surface area contributed by atoms with Gasteiger partial charge < -0.3 is 9.47 Å². The van der Waals surface area contributed by atoms with Crippen molar-refractivity contribution in [2.75, 3.05) is 6.61 Å². The van der Waals surface area contributed by atoms with E-state index in [0.29, 0.717) is 5.02 Å². The van der Waals surface area contributed by atoms with Gasteiger partial charge in [-0.25, -0.2) is 9.78 Å². The highest BCUT2D eigenvalue weighted by atomic mass is 35.5. The largest absolute Gasteiger partial charge is 0.464 e. The van der Waals surface area contributed by atoms with E-state index in [2.05, 4.69) is 41.4 Å². The Morgan fingerprint density at radius 2 is 1.73 bits per heavy atom. The molecular formula is C36H35ClN4O3S. The molecule has 0 amide bonds. The van der Waals surface area contributed by atoms with Gasteiger partial charge in [0.15, 0.2) is 6.10 Å². The fraction of sp³-hybridized carbons (Fsp3) is 0.278. The monoisotopic (exact) mass is 638 g/mol. The smallest absolute Gasteiger partial charge is 0.339 e. The van der Waals surface area contributed by atoms with Gasteiger partial charge in [-0.15, -0.1) is 11.3 Å². The predicted octanol–water partition coefficient (Wildman–Crippen LogP) is 9.44. The Kier molecular flexibility index (Phi) is 8.48. The summed E-state index contributed by atoms with van der Waals surface area (Å²) in [7, 11) is 0. The van der Waals surface area contributed by atoms with Crippen molar-refractivity contribution in [2.45, 2.75) is 59.8 Å². The molecule has 9 heteroatoms. The number of esters is 1. The number of ether oxygens (including phenoxy) is 2. The number of carbonyl (C=O) groups is 1. The zero-order chi connectivity index (χ0) is 31.9. The molecule has 7 nitrogen and oxygen atoms in total. The van der Waals surface area contributed by atoms with Gasteiger partial charge in [-0.05, 0) is 95.1 Å². The average Bonchev–Trinajstić information content (AvgIpc) is 3.63. The van der Waals surface area contributed by atoms with Crippen molar-refractivity contribution in [3.63, 3.8) is 0 Å². The molecule has 3 aromatic heterocycles. The summed E-state index contributed by atoms with van der Waals surface area (Å²) < 4.78 is 14.8. The zero-order valence-corrected chi connectivity index (χ0v) is 27.8. The van der Waals surface area contributed by atoms with E-state index in [-0.39, 0.29) is 6.61 Å². The second-order valence-corrected chi connectivity index (χ2v) is 13.3. The minimum atomic E-state index is -0.926. The van der Waals surface area contributed by atoms with Crippen molar-refractivity contribution >= 4 is 50.0 Å². The van der Waals surface area contributed by atoms with Crippen LogP contribution >= 0.6 is 22.9 Å². The molecule has 6 aromatic rings. The van der Waals surface area contributed by atoms with Crippen molar-refractivity contribution in [3.05, 3.63) is 89.2 Å². The van der Waals surface area contributed by atoms with Crippen LogP contribution in [-0.2, 0) is 20.8 Å². The SMILES string of the molecule is CCOC(=O)[C@@H](OC(C)(C)C)c1c(C)cc2nc(-c3ccnc(-c4ccc5nn(CC)cc5c4)c3)sc2c1-c1ccc(Cl)cc1. The topological polar surface area (TPSA) is 79.1 Å². The number of aromatic nitrogens is 4. The second-order valence-electron chi connectivity index (χ2n) is 11.9. The van der Waals surface area contributed by atoms with E-state index in [0.717, 1.165) is 71.7 Å². The lowest BCUT2D eigenvalue weighted by atomic mass is 9.91. The third kappa shape index (κ3) is 6.36. The first kappa shape index (κ1) is 30.9. The van der Waals surface area contributed by atoms with E-state index in [1.165, 1.54) is 0 Å². The first-order chi connectivity index (χ1) is 21.5. The summed E-state index contributed by atoms with van der Waals surface area (Å²) in [6.07, 6.45) is 2.95. The summed E-state index contributed by atoms with van der Waals surface area (Å²) in [6.45, 7) is 12.8. The fourth-order valence-electron chi connectivity index (χ4n) is 5.49. The minimum Gasteiger partial charge on any atom is -0.464 e. The molecule has 3 aromatic carbocycles. The van der Waals surface area contributed by atoms with Gasteiger partial charge in [0, 0.05) is 51.6 Å². The van der Waals surface area contributed by atoms with E-state index >= 15 is 0 Å². The number of pyridine rings is 1. The van der Waals surface area contributed by atoms with Gasteiger partial charge in [0.05, 0.1) is 33.6 Å². The van der Waals surface area contributed by atoms with E-state index in [1.807, 2.05) is 81.0 Å². The van der Waals surface area contributed by atoms with Crippen LogP contribution in [0.5, 0.6) is 0 Å². The Bertz CT molecular complexity index is 2020. The standard InChI is InChI=1S/C36H35ClN4O3S/c1-7-41-20-25-18-23(11-14-27(25)40-41)28-19-24(15-16-38-28)34-39-29-17-21(3)30(32(35(42)43-8-2)44-36(4,5)6)31(33(29)45-34)22-9-12-26(37)13-10-22/h9-20,32H,7-8H2,1-6H3/t32-/m0/s1. The van der Waals surface area contributed by atoms with Crippen LogP contribution in [0.1, 0.15) is 51.8 Å². The van der Waals surface area contributed by atoms with E-state index in [1.54, 1.807) is 18.3 Å². The van der Waals surface area contributed by atoms with Crippen molar-refractivity contribution in [3.8, 4) is 33.0 Å². The summed E-state index contributed by atoms with van der Waals surface area (Å²) in [5.41, 5.74) is 7.49. The van der Waals surface area contributed by atoms with Gasteiger partial charge in [-0.3, -0.25) is 9.67 Å². The quantitative estimate of drug-likeness (QED) is 0.155. The van der Waals surface area contributed by atoms with Gasteiger partial charge in [0.2, 0.25) is 0 Å². The van der Waals surface area contributed by atoms with Crippen LogP contribution in [0.3, 0.4) is 0 Å². The highest BCUT2D eigenvalue weighted by molar-refractivity contribution is 7.22. The molecule has 0 unspecified atom stereocenters. The molecule has 45 heavy (non-hydrogen) atoms. The van der Waals surface area contributed by atoms with Crippen LogP contribution in [0, 0.1) is 6.92 Å². The molecule has 0 N–H and O–H groups in total. The second kappa shape index (κ2) is 12.4. The summed E-state index contributed by atoms with van der Waals surface area (Å²) in [6, 6.07) is 20.0. The molecule has 0 fully saturated rings. The number of rotatable bonds is 8. The molecule has 0 aliphatic rings. The fourth-order valence-corrected chi connectivity index (χ4v) is 6.74. The normalized spacial score (nSPS) is 12.6. The van der Waals surface area contributed by atoms with Crippen LogP contribution < -0.4 is 0 Å². The van der Waals surface area contributed by atoms with E-state index in [4.69, 9.17) is 26.1 Å². The highest BCUT2D eigenvalue weighted by Gasteiger charge is 2.33. The highest BCUT2D eigenvalue weighted by Crippen LogP contribution is 2.45. The molecule has 6 rings (SSSR count). The molecule has 0 radical (unpaired) electrons. The first-order valence-electron chi connectivity index (χ1n) is 15.0. The maximum Gasteiger partial charge on any atom is 0.339 e. The zero-order valence-electron chi connectivity index (χ0n) is 26.2. The number of benzene rings is 3. The minimum absolute atomic E-state index is 0.253. The van der Waals surface area contributed by atoms with Crippen molar-refractivity contribution in [2.24, 2.45) is 0 Å². The number of hydrogen-bond acceptors (Lipinski definition) is 7. The van der Waals surface area contributed by atoms with Gasteiger partial charge in [0.1, 0.15) is 5.01 Å². The average molecular weight is 639 g/mol. The molecule has 0 saturated carbocycles. The lowest BCUT2D eigenvalue weighted by molar-refractivity contribution is -0.166. The summed E-state index contributed by atoms with van der Waals surface area (Å²) in [5, 5.41) is 7.16. The number of hydrogen-bond donors (Lipinski definition) is 0. The molecule has 0 aliphatic carbocycles. The number of halogens is 1. The molecule has 230 valence electrons. The lowest BCUT2D eigenvalue weighted by Gasteiger charge is -2.29. The van der Waals surface area contributed by atoms with Crippen molar-refractivity contribution < 1.29 is 14.3 Å². The van der Waals surface area contributed by atoms with Crippen LogP contribution in [0.25, 0.3) is 54.1 Å². The van der Waals surface area contributed by atoms with E-state index in [9.17, 15) is 4.79 Å². The van der Waals surface area contributed by atoms with Crippen molar-refractivity contribution in [1.82, 2.24) is 19.7 Å². The molecule has 0 saturated heterocycles. The summed E-state index contributed by atoms with van der Waals surface area (Å²) >= 11 is 7.88. The lowest BCUT2D eigenvalue weighted by Crippen LogP contribution is -2.29. The molecule has 1 atom stereocenters. The van der Waals surface area contributed by atoms with Crippen LogP contribution in [0.15, 0.2) is 73.1 Å². The van der Waals surface area contributed by atoms with Gasteiger partial charge >= 0.3 is 5.97 Å². The van der Waals surface area contributed by atoms with Gasteiger partial charge in [-0.1, -0.05) is 29.8 Å². The third-order valence-electron chi connectivity index (χ3n) is 7.47. The molecule has 0 spiro atoms. The van der Waals surface area contributed by atoms with Crippen molar-refractivity contribution in [1.29, 1.82) is 0 Å². The van der Waals surface area contributed by atoms with Gasteiger partial charge in [-0.2, -0.15) is 5.10 Å². The number of carbonyl (C=O) groups excluding carboxylic acids is 1. The van der Waals surface area contributed by atoms with Crippen LogP contribution in [0.4, 0.5) is 0 Å². The number of aryl methyl sites for hydroxylation is 2. The predicted molar refractivity (Wildman–Crippen MR) is 183 cm³/mol. The summed E-state index contributed by atoms with van der Waals surface area (Å²) in [5.74, 6) is -0.421. The Labute approximate surface area is 271 Å². The molecule has 0 bridgehead atoms. The van der Waals surface area contributed by atoms with Crippen LogP contribution in [-0.4, -0.2) is 37.9 Å². The Morgan fingerprint density at radius 3 is 2.44 bits per heavy atom. The van der Waals surface area contributed by atoms with Crippen LogP contribution in [0.2, 0.25) is 5.02 Å². The molecule has 0 aliphatic heterocycles. The molecule has 3 heterocycles. The van der Waals surface area contributed by atoms with E-state index < -0.39 is 17.7 Å². The number of thiazole rings is 1. The number of nitrogens with zero attached hydrogens (tertiary/aromatic N) is 4. The first-order valence-corrected chi connectivity index (χ1v) is 16.2. The Hall–Kier alpha value is -4.11.